The van der Waals surface area contributed by atoms with Gasteiger partial charge in [0.1, 0.15) is 5.54 Å². The molecule has 1 saturated carbocycles. The molecule has 3 aliphatic rings. The third kappa shape index (κ3) is 2.51. The van der Waals surface area contributed by atoms with Gasteiger partial charge in [-0.1, -0.05) is 13.8 Å². The Kier molecular flexibility index (Phi) is 3.91. The molecule has 3 heterocycles. The molecule has 1 amide bonds. The first-order valence-corrected chi connectivity index (χ1v) is 10.6. The largest absolute Gasteiger partial charge is 0.422 e. The highest BCUT2D eigenvalue weighted by Gasteiger charge is 2.61. The predicted octanol–water partition coefficient (Wildman–Crippen LogP) is 1.07. The Balaban J connectivity index is 1.59. The fraction of sp³-hybridized carbons (Fsp3) is 0.812. The highest BCUT2D eigenvalue weighted by Crippen LogP contribution is 2.56. The van der Waals surface area contributed by atoms with Crippen molar-refractivity contribution in [2.24, 2.45) is 5.92 Å². The molecule has 4 rings (SSSR count). The molecule has 2 saturated heterocycles. The number of aromatic nitrogens is 2. The second-order valence-electron chi connectivity index (χ2n) is 7.60. The van der Waals surface area contributed by atoms with Gasteiger partial charge in [0.2, 0.25) is 27.7 Å². The number of sulfonamides is 1. The number of nitrogens with zero attached hydrogens (tertiary/aromatic N) is 4. The van der Waals surface area contributed by atoms with Gasteiger partial charge in [0.15, 0.2) is 0 Å². The molecular formula is C16H24N4O4S. The summed E-state index contributed by atoms with van der Waals surface area (Å²) in [6, 6.07) is 0. The molecule has 0 aromatic carbocycles. The maximum atomic E-state index is 12.9. The Morgan fingerprint density at radius 1 is 1.32 bits per heavy atom. The fourth-order valence-corrected chi connectivity index (χ4v) is 5.80. The molecule has 9 heteroatoms. The van der Waals surface area contributed by atoms with E-state index in [1.54, 1.807) is 4.90 Å². The van der Waals surface area contributed by atoms with E-state index in [1.165, 1.54) is 4.31 Å². The number of likely N-dealkylation sites (tertiary alicyclic amines) is 1. The molecule has 1 aliphatic carbocycles. The van der Waals surface area contributed by atoms with Crippen molar-refractivity contribution in [2.45, 2.75) is 51.0 Å². The monoisotopic (exact) mass is 368 g/mol. The molecule has 1 aromatic rings. The van der Waals surface area contributed by atoms with Gasteiger partial charge < -0.3 is 9.32 Å². The molecule has 138 valence electrons. The number of carbonyl (C=O) groups excluding carboxylic acids is 1. The number of fused-ring (bicyclic) bond motifs is 1. The molecule has 0 spiro atoms. The number of amides is 1. The lowest BCUT2D eigenvalue weighted by atomic mass is 9.67. The maximum Gasteiger partial charge on any atom is 0.242 e. The Morgan fingerprint density at radius 3 is 2.68 bits per heavy atom. The molecule has 8 nitrogen and oxygen atoms in total. The number of carbonyl (C=O) groups is 1. The second kappa shape index (κ2) is 5.77. The van der Waals surface area contributed by atoms with Crippen molar-refractivity contribution in [2.75, 3.05) is 25.4 Å². The zero-order chi connectivity index (χ0) is 17.8. The number of hydrogen-bond donors (Lipinski definition) is 0. The summed E-state index contributed by atoms with van der Waals surface area (Å²) in [5.74, 6) is 1.54. The minimum absolute atomic E-state index is 0.0814. The van der Waals surface area contributed by atoms with Crippen LogP contribution in [0.25, 0.3) is 0 Å². The van der Waals surface area contributed by atoms with Gasteiger partial charge in [-0.15, -0.1) is 10.2 Å². The standard InChI is InChI=1S/C16H24N4O4S/c1-11(2)14-17-18-15(24-14)16-6-4-12(16)5-8-20(16)13(21)10-19-7-3-9-25(19,22)23/h11-12H,3-10H2,1-2H3/t12-,16-/m0/s1. The molecule has 3 fully saturated rings. The molecule has 0 bridgehead atoms. The number of hydrogen-bond acceptors (Lipinski definition) is 6. The maximum absolute atomic E-state index is 12.9. The summed E-state index contributed by atoms with van der Waals surface area (Å²) in [7, 11) is -3.28. The van der Waals surface area contributed by atoms with Gasteiger partial charge in [-0.3, -0.25) is 4.79 Å². The Hall–Kier alpha value is -1.48. The van der Waals surface area contributed by atoms with Crippen LogP contribution in [0.4, 0.5) is 0 Å². The second-order valence-corrected chi connectivity index (χ2v) is 9.69. The minimum atomic E-state index is -3.28. The lowest BCUT2D eigenvalue weighted by Crippen LogP contribution is -2.55. The normalized spacial score (nSPS) is 31.3. The summed E-state index contributed by atoms with van der Waals surface area (Å²) >= 11 is 0. The molecule has 2 aliphatic heterocycles. The Morgan fingerprint density at radius 2 is 2.12 bits per heavy atom. The SMILES string of the molecule is CC(C)c1nnc([C@]23CC[C@H]2CCN3C(=O)CN2CCCS2(=O)=O)o1. The van der Waals surface area contributed by atoms with Crippen LogP contribution in [0.2, 0.25) is 0 Å². The molecule has 0 radical (unpaired) electrons. The smallest absolute Gasteiger partial charge is 0.242 e. The van der Waals surface area contributed by atoms with Crippen LogP contribution in [0.5, 0.6) is 0 Å². The Bertz CT molecular complexity index is 790. The van der Waals surface area contributed by atoms with Gasteiger partial charge in [0.05, 0.1) is 12.3 Å². The molecule has 2 atom stereocenters. The van der Waals surface area contributed by atoms with E-state index in [0.29, 0.717) is 37.2 Å². The third-order valence-electron chi connectivity index (χ3n) is 5.85. The van der Waals surface area contributed by atoms with Crippen molar-refractivity contribution in [3.8, 4) is 0 Å². The van der Waals surface area contributed by atoms with Gasteiger partial charge in [0, 0.05) is 19.0 Å². The lowest BCUT2D eigenvalue weighted by molar-refractivity contribution is -0.142. The first-order valence-electron chi connectivity index (χ1n) is 8.97. The topological polar surface area (TPSA) is 96.6 Å². The van der Waals surface area contributed by atoms with E-state index in [-0.39, 0.29) is 24.1 Å². The quantitative estimate of drug-likeness (QED) is 0.788. The molecular weight excluding hydrogens is 344 g/mol. The average molecular weight is 368 g/mol. The van der Waals surface area contributed by atoms with Crippen LogP contribution >= 0.6 is 0 Å². The fourth-order valence-electron chi connectivity index (χ4n) is 4.34. The van der Waals surface area contributed by atoms with E-state index in [2.05, 4.69) is 10.2 Å². The van der Waals surface area contributed by atoms with Crippen LogP contribution in [0.3, 0.4) is 0 Å². The summed E-state index contributed by atoms with van der Waals surface area (Å²) in [6.45, 7) is 4.95. The summed E-state index contributed by atoms with van der Waals surface area (Å²) in [4.78, 5) is 14.7. The zero-order valence-corrected chi connectivity index (χ0v) is 15.5. The first kappa shape index (κ1) is 17.0. The van der Waals surface area contributed by atoms with E-state index in [9.17, 15) is 13.2 Å². The predicted molar refractivity (Wildman–Crippen MR) is 89.1 cm³/mol. The summed E-state index contributed by atoms with van der Waals surface area (Å²) in [5, 5.41) is 8.38. The van der Waals surface area contributed by atoms with Crippen LogP contribution < -0.4 is 0 Å². The molecule has 25 heavy (non-hydrogen) atoms. The van der Waals surface area contributed by atoms with Crippen molar-refractivity contribution < 1.29 is 17.6 Å². The van der Waals surface area contributed by atoms with Crippen LogP contribution in [0.15, 0.2) is 4.42 Å². The van der Waals surface area contributed by atoms with E-state index in [0.717, 1.165) is 19.3 Å². The highest BCUT2D eigenvalue weighted by atomic mass is 32.2. The van der Waals surface area contributed by atoms with Crippen LogP contribution in [0.1, 0.15) is 57.2 Å². The van der Waals surface area contributed by atoms with E-state index >= 15 is 0 Å². The molecule has 0 N–H and O–H groups in total. The van der Waals surface area contributed by atoms with Crippen molar-refractivity contribution in [3.63, 3.8) is 0 Å². The zero-order valence-electron chi connectivity index (χ0n) is 14.6. The minimum Gasteiger partial charge on any atom is -0.422 e. The highest BCUT2D eigenvalue weighted by molar-refractivity contribution is 7.89. The van der Waals surface area contributed by atoms with Gasteiger partial charge in [0.25, 0.3) is 0 Å². The van der Waals surface area contributed by atoms with Crippen molar-refractivity contribution >= 4 is 15.9 Å². The Labute approximate surface area is 147 Å². The van der Waals surface area contributed by atoms with E-state index in [1.807, 2.05) is 13.8 Å². The van der Waals surface area contributed by atoms with Crippen LogP contribution in [-0.4, -0.2) is 59.1 Å². The summed E-state index contributed by atoms with van der Waals surface area (Å²) in [5.41, 5.74) is -0.527. The lowest BCUT2D eigenvalue weighted by Gasteiger charge is -2.47. The van der Waals surface area contributed by atoms with Gasteiger partial charge in [-0.2, -0.15) is 4.31 Å². The van der Waals surface area contributed by atoms with Gasteiger partial charge >= 0.3 is 0 Å². The third-order valence-corrected chi connectivity index (χ3v) is 7.76. The summed E-state index contributed by atoms with van der Waals surface area (Å²) in [6.07, 6.45) is 3.32. The van der Waals surface area contributed by atoms with Gasteiger partial charge in [-0.05, 0) is 31.6 Å². The molecule has 0 unspecified atom stereocenters. The average Bonchev–Trinajstić information content (AvgIpc) is 3.18. The van der Waals surface area contributed by atoms with E-state index in [4.69, 9.17) is 4.42 Å². The molecule has 1 aromatic heterocycles. The summed E-state index contributed by atoms with van der Waals surface area (Å²) < 4.78 is 31.2. The van der Waals surface area contributed by atoms with Gasteiger partial charge in [-0.25, -0.2) is 8.42 Å². The van der Waals surface area contributed by atoms with Crippen molar-refractivity contribution in [3.05, 3.63) is 11.8 Å². The van der Waals surface area contributed by atoms with Crippen molar-refractivity contribution in [1.82, 2.24) is 19.4 Å². The van der Waals surface area contributed by atoms with Crippen molar-refractivity contribution in [1.29, 1.82) is 0 Å². The van der Waals surface area contributed by atoms with Crippen LogP contribution in [-0.2, 0) is 20.4 Å². The number of rotatable bonds is 4. The van der Waals surface area contributed by atoms with E-state index < -0.39 is 15.6 Å². The first-order chi connectivity index (χ1) is 11.8. The van der Waals surface area contributed by atoms with Crippen LogP contribution in [0, 0.1) is 5.92 Å².